The quantitative estimate of drug-likeness (QED) is 0.729. The van der Waals surface area contributed by atoms with E-state index in [0.717, 1.165) is 10.4 Å². The van der Waals surface area contributed by atoms with Gasteiger partial charge in [0.15, 0.2) is 0 Å². The topological polar surface area (TPSA) is 52.6 Å². The van der Waals surface area contributed by atoms with Gasteiger partial charge in [0.25, 0.3) is 0 Å². The average molecular weight is 346 g/mol. The van der Waals surface area contributed by atoms with Gasteiger partial charge in [-0.15, -0.1) is 11.3 Å². The van der Waals surface area contributed by atoms with E-state index in [1.807, 2.05) is 57.2 Å². The molecule has 0 aliphatic heterocycles. The Hall–Kier alpha value is -2.14. The first-order valence-electron chi connectivity index (χ1n) is 7.85. The van der Waals surface area contributed by atoms with Crippen LogP contribution in [0.15, 0.2) is 42.5 Å². The number of rotatable bonds is 6. The molecular formula is C19H22O4S. The lowest BCUT2D eigenvalue weighted by atomic mass is 10.2. The van der Waals surface area contributed by atoms with Gasteiger partial charge in [0.05, 0.1) is 6.42 Å². The maximum absolute atomic E-state index is 12.1. The van der Waals surface area contributed by atoms with Gasteiger partial charge in [-0.05, 0) is 44.9 Å². The second kappa shape index (κ2) is 8.11. The van der Waals surface area contributed by atoms with Gasteiger partial charge < -0.3 is 9.47 Å². The summed E-state index contributed by atoms with van der Waals surface area (Å²) in [5.74, 6) is -0.573. The highest BCUT2D eigenvalue weighted by atomic mass is 32.1. The van der Waals surface area contributed by atoms with Crippen molar-refractivity contribution in [1.29, 1.82) is 0 Å². The predicted molar refractivity (Wildman–Crippen MR) is 94.0 cm³/mol. The highest BCUT2D eigenvalue weighted by molar-refractivity contribution is 7.13. The SMILES string of the molecule is CC(C)(C)OC(=O)CCc1ccc(C(=O)OCc2ccccc2)s1. The summed E-state index contributed by atoms with van der Waals surface area (Å²) in [7, 11) is 0. The van der Waals surface area contributed by atoms with Crippen LogP contribution in [0, 0.1) is 0 Å². The second-order valence-electron chi connectivity index (χ2n) is 6.41. The van der Waals surface area contributed by atoms with Crippen LogP contribution in [0.5, 0.6) is 0 Å². The lowest BCUT2D eigenvalue weighted by Crippen LogP contribution is -2.23. The molecule has 1 heterocycles. The van der Waals surface area contributed by atoms with E-state index in [1.54, 1.807) is 6.07 Å². The molecule has 0 bridgehead atoms. The largest absolute Gasteiger partial charge is 0.460 e. The number of hydrogen-bond acceptors (Lipinski definition) is 5. The molecule has 0 fully saturated rings. The molecule has 0 spiro atoms. The van der Waals surface area contributed by atoms with Crippen molar-refractivity contribution >= 4 is 23.3 Å². The minimum atomic E-state index is -0.473. The van der Waals surface area contributed by atoms with E-state index in [0.29, 0.717) is 17.7 Å². The molecule has 0 aliphatic rings. The van der Waals surface area contributed by atoms with Crippen molar-refractivity contribution in [3.63, 3.8) is 0 Å². The molecular weight excluding hydrogens is 324 g/mol. The molecule has 0 unspecified atom stereocenters. The molecule has 0 radical (unpaired) electrons. The predicted octanol–water partition coefficient (Wildman–Crippen LogP) is 4.38. The van der Waals surface area contributed by atoms with E-state index in [4.69, 9.17) is 9.47 Å². The maximum atomic E-state index is 12.1. The van der Waals surface area contributed by atoms with Gasteiger partial charge in [0.1, 0.15) is 17.1 Å². The number of benzene rings is 1. The van der Waals surface area contributed by atoms with Gasteiger partial charge in [-0.2, -0.15) is 0 Å². The Morgan fingerprint density at radius 2 is 1.75 bits per heavy atom. The van der Waals surface area contributed by atoms with Crippen LogP contribution in [0.3, 0.4) is 0 Å². The fourth-order valence-electron chi connectivity index (χ4n) is 2.03. The average Bonchev–Trinajstić information content (AvgIpc) is 2.99. The van der Waals surface area contributed by atoms with Crippen LogP contribution in [0.25, 0.3) is 0 Å². The highest BCUT2D eigenvalue weighted by Gasteiger charge is 2.17. The number of carbonyl (C=O) groups is 2. The van der Waals surface area contributed by atoms with Crippen LogP contribution in [0.2, 0.25) is 0 Å². The van der Waals surface area contributed by atoms with Crippen LogP contribution >= 0.6 is 11.3 Å². The van der Waals surface area contributed by atoms with Crippen molar-refractivity contribution in [1.82, 2.24) is 0 Å². The molecule has 0 amide bonds. The van der Waals surface area contributed by atoms with Crippen LogP contribution in [-0.2, 0) is 27.3 Å². The van der Waals surface area contributed by atoms with Gasteiger partial charge in [0, 0.05) is 4.88 Å². The Bertz CT molecular complexity index is 683. The van der Waals surface area contributed by atoms with Crippen molar-refractivity contribution in [2.24, 2.45) is 0 Å². The lowest BCUT2D eigenvalue weighted by molar-refractivity contribution is -0.154. The zero-order chi connectivity index (χ0) is 17.6. The zero-order valence-corrected chi connectivity index (χ0v) is 15.0. The van der Waals surface area contributed by atoms with Gasteiger partial charge in [-0.25, -0.2) is 4.79 Å². The summed E-state index contributed by atoms with van der Waals surface area (Å²) in [6, 6.07) is 13.1. The number of esters is 2. The van der Waals surface area contributed by atoms with Gasteiger partial charge in [-0.3, -0.25) is 4.79 Å². The number of carbonyl (C=O) groups excluding carboxylic acids is 2. The first-order valence-corrected chi connectivity index (χ1v) is 8.67. The summed E-state index contributed by atoms with van der Waals surface area (Å²) in [5.41, 5.74) is 0.478. The first-order chi connectivity index (χ1) is 11.3. The molecule has 0 atom stereocenters. The summed E-state index contributed by atoms with van der Waals surface area (Å²) in [6.45, 7) is 5.79. The van der Waals surface area contributed by atoms with Crippen LogP contribution in [0.4, 0.5) is 0 Å². The second-order valence-corrected chi connectivity index (χ2v) is 7.58. The van der Waals surface area contributed by atoms with Gasteiger partial charge >= 0.3 is 11.9 Å². The lowest BCUT2D eigenvalue weighted by Gasteiger charge is -2.19. The van der Waals surface area contributed by atoms with E-state index in [1.165, 1.54) is 11.3 Å². The van der Waals surface area contributed by atoms with E-state index in [9.17, 15) is 9.59 Å². The van der Waals surface area contributed by atoms with Gasteiger partial charge in [-0.1, -0.05) is 30.3 Å². The molecule has 2 rings (SSSR count). The third-order valence-electron chi connectivity index (χ3n) is 3.07. The summed E-state index contributed by atoms with van der Waals surface area (Å²) < 4.78 is 10.6. The number of thiophene rings is 1. The van der Waals surface area contributed by atoms with Crippen molar-refractivity contribution in [2.45, 2.75) is 45.8 Å². The summed E-state index contributed by atoms with van der Waals surface area (Å²) in [6.07, 6.45) is 0.863. The fourth-order valence-corrected chi connectivity index (χ4v) is 2.94. The van der Waals surface area contributed by atoms with Crippen molar-refractivity contribution in [3.8, 4) is 0 Å². The molecule has 128 valence electrons. The number of aryl methyl sites for hydroxylation is 1. The molecule has 24 heavy (non-hydrogen) atoms. The molecule has 0 aliphatic carbocycles. The Labute approximate surface area is 146 Å². The summed E-state index contributed by atoms with van der Waals surface area (Å²) in [4.78, 5) is 25.3. The highest BCUT2D eigenvalue weighted by Crippen LogP contribution is 2.20. The first kappa shape index (κ1) is 18.2. The molecule has 4 nitrogen and oxygen atoms in total. The third kappa shape index (κ3) is 6.16. The van der Waals surface area contributed by atoms with Crippen molar-refractivity contribution < 1.29 is 19.1 Å². The Morgan fingerprint density at radius 3 is 2.42 bits per heavy atom. The Balaban J connectivity index is 1.81. The van der Waals surface area contributed by atoms with E-state index < -0.39 is 5.60 Å². The molecule has 5 heteroatoms. The van der Waals surface area contributed by atoms with E-state index >= 15 is 0 Å². The number of ether oxygens (including phenoxy) is 2. The fraction of sp³-hybridized carbons (Fsp3) is 0.368. The van der Waals surface area contributed by atoms with E-state index in [-0.39, 0.29) is 18.5 Å². The van der Waals surface area contributed by atoms with Crippen LogP contribution in [0.1, 0.15) is 47.3 Å². The molecule has 1 aromatic heterocycles. The van der Waals surface area contributed by atoms with Crippen LogP contribution in [-0.4, -0.2) is 17.5 Å². The van der Waals surface area contributed by atoms with Gasteiger partial charge in [0.2, 0.25) is 0 Å². The van der Waals surface area contributed by atoms with Crippen LogP contribution < -0.4 is 0 Å². The smallest absolute Gasteiger partial charge is 0.348 e. The standard InChI is InChI=1S/C19H22O4S/c1-19(2,3)23-17(20)12-10-15-9-11-16(24-15)18(21)22-13-14-7-5-4-6-8-14/h4-9,11H,10,12-13H2,1-3H3. The van der Waals surface area contributed by atoms with E-state index in [2.05, 4.69) is 0 Å². The summed E-state index contributed by atoms with van der Waals surface area (Å²) in [5, 5.41) is 0. The molecule has 2 aromatic rings. The zero-order valence-electron chi connectivity index (χ0n) is 14.2. The third-order valence-corrected chi connectivity index (χ3v) is 4.20. The Morgan fingerprint density at radius 1 is 1.04 bits per heavy atom. The monoisotopic (exact) mass is 346 g/mol. The molecule has 0 saturated heterocycles. The normalized spacial score (nSPS) is 11.1. The minimum absolute atomic E-state index is 0.232. The Kier molecular flexibility index (Phi) is 6.15. The van der Waals surface area contributed by atoms with Crippen molar-refractivity contribution in [3.05, 3.63) is 57.8 Å². The molecule has 0 saturated carbocycles. The minimum Gasteiger partial charge on any atom is -0.460 e. The summed E-state index contributed by atoms with van der Waals surface area (Å²) >= 11 is 1.35. The molecule has 1 aromatic carbocycles. The van der Waals surface area contributed by atoms with Crippen molar-refractivity contribution in [2.75, 3.05) is 0 Å². The number of hydrogen-bond donors (Lipinski definition) is 0. The maximum Gasteiger partial charge on any atom is 0.348 e. The molecule has 0 N–H and O–H groups in total.